The lowest BCUT2D eigenvalue weighted by molar-refractivity contribution is 0.195. The summed E-state index contributed by atoms with van der Waals surface area (Å²) < 4.78 is 0. The first-order chi connectivity index (χ1) is 37.8. The Hall–Kier alpha value is -6.85. The highest BCUT2D eigenvalue weighted by Crippen LogP contribution is 2.63. The molecular formula is C75H83BN4. The minimum Gasteiger partial charge on any atom is -0.334 e. The van der Waals surface area contributed by atoms with E-state index in [1.54, 1.807) is 0 Å². The fraction of sp³-hybridized carbons (Fsp3) is 0.373. The highest BCUT2D eigenvalue weighted by Gasteiger charge is 2.58. The fourth-order valence-electron chi connectivity index (χ4n) is 15.2. The molecule has 8 aromatic rings. The average Bonchev–Trinajstić information content (AvgIpc) is 1.62. The molecular weight excluding hydrogens is 968 g/mol. The summed E-state index contributed by atoms with van der Waals surface area (Å²) in [5, 5.41) is 0. The van der Waals surface area contributed by atoms with Crippen LogP contribution < -0.4 is 31.1 Å². The van der Waals surface area contributed by atoms with Gasteiger partial charge in [0.15, 0.2) is 0 Å². The Kier molecular flexibility index (Phi) is 11.7. The number of nitrogens with zero attached hydrogens (tertiary/aromatic N) is 4. The highest BCUT2D eigenvalue weighted by molar-refractivity contribution is 7.00. The van der Waals surface area contributed by atoms with Gasteiger partial charge in [-0.05, 0) is 199 Å². The number of aromatic nitrogens is 1. The summed E-state index contributed by atoms with van der Waals surface area (Å²) >= 11 is 0. The van der Waals surface area contributed by atoms with Crippen molar-refractivity contribution in [2.24, 2.45) is 0 Å². The molecule has 4 heterocycles. The zero-order chi connectivity index (χ0) is 56.3. The van der Waals surface area contributed by atoms with Crippen molar-refractivity contribution in [2.75, 3.05) is 14.7 Å². The molecule has 0 radical (unpaired) electrons. The molecule has 0 spiro atoms. The first-order valence-corrected chi connectivity index (χ1v) is 30.1. The molecule has 1 aromatic heterocycles. The molecule has 2 aliphatic carbocycles. The van der Waals surface area contributed by atoms with Crippen LogP contribution in [0.5, 0.6) is 0 Å². The van der Waals surface area contributed by atoms with Crippen molar-refractivity contribution >= 4 is 68.6 Å². The molecule has 7 aromatic carbocycles. The summed E-state index contributed by atoms with van der Waals surface area (Å²) in [4.78, 5) is 12.7. The second-order valence-electron chi connectivity index (χ2n) is 29.5. The summed E-state index contributed by atoms with van der Waals surface area (Å²) in [6.45, 7) is 36.4. The Morgan fingerprint density at radius 1 is 0.412 bits per heavy atom. The Balaban J connectivity index is 1.20. The van der Waals surface area contributed by atoms with Gasteiger partial charge in [0, 0.05) is 63.2 Å². The van der Waals surface area contributed by atoms with Gasteiger partial charge in [0.25, 0.3) is 6.71 Å². The van der Waals surface area contributed by atoms with E-state index >= 15 is 0 Å². The molecule has 3 aliphatic heterocycles. The quantitative estimate of drug-likeness (QED) is 0.160. The van der Waals surface area contributed by atoms with Gasteiger partial charge < -0.3 is 14.7 Å². The van der Waals surface area contributed by atoms with Crippen molar-refractivity contribution in [1.82, 2.24) is 4.98 Å². The number of hydrogen-bond donors (Lipinski definition) is 0. The summed E-state index contributed by atoms with van der Waals surface area (Å²) in [7, 11) is 0. The zero-order valence-electron chi connectivity index (χ0n) is 50.6. The third-order valence-corrected chi connectivity index (χ3v) is 20.4. The van der Waals surface area contributed by atoms with Crippen LogP contribution in [0.3, 0.4) is 0 Å². The van der Waals surface area contributed by atoms with Gasteiger partial charge in [-0.3, -0.25) is 4.98 Å². The molecule has 0 saturated heterocycles. The first kappa shape index (κ1) is 52.5. The van der Waals surface area contributed by atoms with Crippen LogP contribution in [0.2, 0.25) is 0 Å². The van der Waals surface area contributed by atoms with Crippen LogP contribution in [-0.2, 0) is 32.5 Å². The second kappa shape index (κ2) is 17.8. The van der Waals surface area contributed by atoms with Crippen LogP contribution in [-0.4, -0.2) is 17.2 Å². The van der Waals surface area contributed by atoms with Crippen molar-refractivity contribution in [3.63, 3.8) is 0 Å². The van der Waals surface area contributed by atoms with Gasteiger partial charge >= 0.3 is 0 Å². The van der Waals surface area contributed by atoms with Crippen molar-refractivity contribution in [2.45, 2.75) is 180 Å². The van der Waals surface area contributed by atoms with Crippen molar-refractivity contribution in [3.8, 4) is 22.3 Å². The van der Waals surface area contributed by atoms with Crippen LogP contribution in [0, 0.1) is 0 Å². The lowest BCUT2D eigenvalue weighted by Crippen LogP contribution is -2.62. The van der Waals surface area contributed by atoms with E-state index in [-0.39, 0.29) is 44.7 Å². The average molecular weight is 1050 g/mol. The summed E-state index contributed by atoms with van der Waals surface area (Å²) in [5.74, 6) is 0. The van der Waals surface area contributed by atoms with E-state index in [1.807, 2.05) is 12.4 Å². The molecule has 0 bridgehead atoms. The molecule has 0 amide bonds. The Morgan fingerprint density at radius 2 is 1.01 bits per heavy atom. The molecule has 13 rings (SSSR count). The maximum atomic E-state index is 4.42. The van der Waals surface area contributed by atoms with E-state index in [0.717, 1.165) is 25.7 Å². The second-order valence-corrected chi connectivity index (χ2v) is 29.5. The standard InChI is InChI=1S/C75H83BN4/c1-69(2,3)51-24-21-25-54(41-51)78-64-43-53(71(7,8)9)27-29-60(64)76-61-46-57-58(73(12,13)37-36-72(57,10)11)47-65(61)79(62-31-28-52(70(4,5)6)42-56(62)49-22-17-16-18-23-49)67-45-55(44-66(78)68(67)76)80-63-30-26-50(48-32-38-77-39-33-48)40-59(63)74(14)34-19-20-35-75(74,80)15/h16-18,21-33,38-47H,19-20,34-37H2,1-15H3. The molecule has 1 fully saturated rings. The summed E-state index contributed by atoms with van der Waals surface area (Å²) in [6, 6.07) is 58.1. The van der Waals surface area contributed by atoms with Crippen LogP contribution in [0.25, 0.3) is 22.3 Å². The Morgan fingerprint density at radius 3 is 1.70 bits per heavy atom. The van der Waals surface area contributed by atoms with Gasteiger partial charge in [0.1, 0.15) is 0 Å². The number of fused-ring (bicyclic) bond motifs is 8. The molecule has 80 heavy (non-hydrogen) atoms. The molecule has 2 atom stereocenters. The van der Waals surface area contributed by atoms with Gasteiger partial charge in [-0.1, -0.05) is 183 Å². The van der Waals surface area contributed by atoms with Crippen molar-refractivity contribution in [1.29, 1.82) is 0 Å². The van der Waals surface area contributed by atoms with Crippen LogP contribution in [0.4, 0.5) is 45.5 Å². The van der Waals surface area contributed by atoms with Gasteiger partial charge in [0.2, 0.25) is 0 Å². The maximum Gasteiger partial charge on any atom is 0.252 e. The number of rotatable bonds is 5. The fourth-order valence-corrected chi connectivity index (χ4v) is 15.2. The Labute approximate surface area is 479 Å². The van der Waals surface area contributed by atoms with Gasteiger partial charge in [0.05, 0.1) is 11.2 Å². The number of benzene rings is 7. The molecule has 2 unspecified atom stereocenters. The van der Waals surface area contributed by atoms with Crippen LogP contribution >= 0.6 is 0 Å². The summed E-state index contributed by atoms with van der Waals surface area (Å²) in [6.07, 6.45) is 10.8. The molecule has 4 nitrogen and oxygen atoms in total. The van der Waals surface area contributed by atoms with E-state index in [2.05, 4.69) is 269 Å². The highest BCUT2D eigenvalue weighted by atomic mass is 15.3. The van der Waals surface area contributed by atoms with Crippen LogP contribution in [0.1, 0.15) is 176 Å². The number of hydrogen-bond acceptors (Lipinski definition) is 4. The Bertz CT molecular complexity index is 3790. The van der Waals surface area contributed by atoms with Gasteiger partial charge in [-0.2, -0.15) is 0 Å². The molecule has 0 N–H and O–H groups in total. The molecule has 5 aliphatic rings. The minimum atomic E-state index is -0.205. The lowest BCUT2D eigenvalue weighted by Gasteiger charge is -2.51. The smallest absolute Gasteiger partial charge is 0.252 e. The van der Waals surface area contributed by atoms with Crippen molar-refractivity contribution in [3.05, 3.63) is 191 Å². The third kappa shape index (κ3) is 8.01. The summed E-state index contributed by atoms with van der Waals surface area (Å²) in [5.41, 5.74) is 27.1. The van der Waals surface area contributed by atoms with E-state index < -0.39 is 0 Å². The lowest BCUT2D eigenvalue weighted by atomic mass is 9.33. The van der Waals surface area contributed by atoms with E-state index in [1.165, 1.54) is 130 Å². The largest absolute Gasteiger partial charge is 0.334 e. The van der Waals surface area contributed by atoms with E-state index in [4.69, 9.17) is 0 Å². The number of pyridine rings is 1. The topological polar surface area (TPSA) is 22.6 Å². The molecule has 1 saturated carbocycles. The van der Waals surface area contributed by atoms with Gasteiger partial charge in [-0.15, -0.1) is 0 Å². The predicted octanol–water partition coefficient (Wildman–Crippen LogP) is 18.5. The first-order valence-electron chi connectivity index (χ1n) is 30.1. The SMILES string of the molecule is CC(C)(C)c1cccc(N2c3cc(C(C)(C)C)ccc3B3c4cc5c(cc4N(c4ccc(C(C)(C)C)cc4-c4ccccc4)c4cc(N6c7ccc(-c8ccncc8)cc7C7(C)CCCCC67C)cc2c43)C(C)(C)CCC5(C)C)c1. The van der Waals surface area contributed by atoms with E-state index in [9.17, 15) is 0 Å². The monoisotopic (exact) mass is 1050 g/mol. The number of anilines is 8. The van der Waals surface area contributed by atoms with Crippen LogP contribution in [0.15, 0.2) is 158 Å². The predicted molar refractivity (Wildman–Crippen MR) is 343 cm³/mol. The van der Waals surface area contributed by atoms with E-state index in [0.29, 0.717) is 0 Å². The molecule has 5 heteroatoms. The molecule has 406 valence electrons. The van der Waals surface area contributed by atoms with Gasteiger partial charge in [-0.25, -0.2) is 0 Å². The third-order valence-electron chi connectivity index (χ3n) is 20.4. The zero-order valence-corrected chi connectivity index (χ0v) is 50.6. The normalized spacial score (nSPS) is 20.6. The van der Waals surface area contributed by atoms with Crippen molar-refractivity contribution < 1.29 is 0 Å². The minimum absolute atomic E-state index is 0.00739. The maximum absolute atomic E-state index is 4.42.